The van der Waals surface area contributed by atoms with Crippen LogP contribution < -0.4 is 15.6 Å². The van der Waals surface area contributed by atoms with Gasteiger partial charge in [-0.2, -0.15) is 0 Å². The van der Waals surface area contributed by atoms with Crippen LogP contribution in [0.2, 0.25) is 0 Å². The fourth-order valence-corrected chi connectivity index (χ4v) is 3.45. The molecule has 1 aromatic heterocycles. The quantitative estimate of drug-likeness (QED) is 0.834. The second-order valence-electron chi connectivity index (χ2n) is 6.96. The summed E-state index contributed by atoms with van der Waals surface area (Å²) in [4.78, 5) is 19.2. The van der Waals surface area contributed by atoms with Crippen molar-refractivity contribution in [1.82, 2.24) is 20.7 Å². The Morgan fingerprint density at radius 1 is 1.23 bits per heavy atom. The molecule has 0 bridgehead atoms. The fourth-order valence-electron chi connectivity index (χ4n) is 3.45. The molecule has 1 saturated carbocycles. The van der Waals surface area contributed by atoms with Crippen molar-refractivity contribution in [1.29, 1.82) is 0 Å². The van der Waals surface area contributed by atoms with E-state index in [1.54, 1.807) is 19.5 Å². The van der Waals surface area contributed by atoms with E-state index < -0.39 is 0 Å². The number of benzene rings is 1. The first-order valence-electron chi connectivity index (χ1n) is 9.09. The second kappa shape index (κ2) is 7.43. The van der Waals surface area contributed by atoms with E-state index in [1.165, 1.54) is 0 Å². The molecule has 0 spiro atoms. The molecule has 1 saturated heterocycles. The minimum absolute atomic E-state index is 0.0982. The van der Waals surface area contributed by atoms with Gasteiger partial charge >= 0.3 is 0 Å². The van der Waals surface area contributed by atoms with Crippen LogP contribution >= 0.6 is 0 Å². The number of pyridine rings is 1. The molecule has 4 rings (SSSR count). The number of ether oxygens (including phenoxy) is 1. The summed E-state index contributed by atoms with van der Waals surface area (Å²) < 4.78 is 5.30. The van der Waals surface area contributed by atoms with Gasteiger partial charge in [-0.05, 0) is 54.7 Å². The van der Waals surface area contributed by atoms with Crippen LogP contribution in [0.1, 0.15) is 36.4 Å². The lowest BCUT2D eigenvalue weighted by atomic mass is 10.0. The Morgan fingerprint density at radius 2 is 2.04 bits per heavy atom. The molecule has 1 aliphatic carbocycles. The van der Waals surface area contributed by atoms with Crippen LogP contribution in [0, 0.1) is 0 Å². The third-order valence-corrected chi connectivity index (χ3v) is 5.07. The largest absolute Gasteiger partial charge is 0.497 e. The van der Waals surface area contributed by atoms with Gasteiger partial charge in [-0.1, -0.05) is 12.1 Å². The molecule has 1 aromatic carbocycles. The number of hydrazine groups is 1. The van der Waals surface area contributed by atoms with E-state index in [1.807, 2.05) is 35.2 Å². The highest BCUT2D eigenvalue weighted by molar-refractivity contribution is 5.83. The van der Waals surface area contributed by atoms with Gasteiger partial charge in [0.25, 0.3) is 0 Å². The first-order chi connectivity index (χ1) is 12.7. The number of amides is 1. The van der Waals surface area contributed by atoms with Crippen molar-refractivity contribution in [2.45, 2.75) is 43.9 Å². The molecule has 2 aromatic rings. The zero-order chi connectivity index (χ0) is 17.9. The van der Waals surface area contributed by atoms with Crippen molar-refractivity contribution >= 4 is 5.91 Å². The summed E-state index contributed by atoms with van der Waals surface area (Å²) in [5.74, 6) is 0.999. The summed E-state index contributed by atoms with van der Waals surface area (Å²) in [5, 5.41) is 0. The van der Waals surface area contributed by atoms with Gasteiger partial charge in [0.15, 0.2) is 0 Å². The zero-order valence-electron chi connectivity index (χ0n) is 14.9. The minimum Gasteiger partial charge on any atom is -0.497 e. The number of nitrogens with zero attached hydrogens (tertiary/aromatic N) is 2. The highest BCUT2D eigenvalue weighted by Gasteiger charge is 2.39. The van der Waals surface area contributed by atoms with Gasteiger partial charge in [0.05, 0.1) is 7.11 Å². The second-order valence-corrected chi connectivity index (χ2v) is 6.96. The van der Waals surface area contributed by atoms with E-state index in [4.69, 9.17) is 4.74 Å². The van der Waals surface area contributed by atoms with E-state index in [2.05, 4.69) is 21.9 Å². The molecule has 136 valence electrons. The van der Waals surface area contributed by atoms with E-state index in [0.717, 1.165) is 36.1 Å². The van der Waals surface area contributed by atoms with Gasteiger partial charge in [-0.25, -0.2) is 10.9 Å². The molecule has 2 atom stereocenters. The average Bonchev–Trinajstić information content (AvgIpc) is 3.42. The van der Waals surface area contributed by atoms with E-state index in [9.17, 15) is 4.79 Å². The smallest absolute Gasteiger partial charge is 0.241 e. The van der Waals surface area contributed by atoms with Gasteiger partial charge in [0, 0.05) is 31.0 Å². The Bertz CT molecular complexity index is 763. The van der Waals surface area contributed by atoms with Gasteiger partial charge in [0.1, 0.15) is 11.8 Å². The summed E-state index contributed by atoms with van der Waals surface area (Å²) >= 11 is 0. The van der Waals surface area contributed by atoms with E-state index >= 15 is 0 Å². The lowest BCUT2D eigenvalue weighted by Crippen LogP contribution is -2.46. The van der Waals surface area contributed by atoms with Crippen LogP contribution in [0.3, 0.4) is 0 Å². The third-order valence-electron chi connectivity index (χ3n) is 5.07. The molecule has 2 fully saturated rings. The van der Waals surface area contributed by atoms with Crippen LogP contribution in [-0.4, -0.2) is 35.0 Å². The SMILES string of the molecule is COc1cccc(C2CC(C(=O)N(Cc3ccncc3)C3CC3)NN2)c1. The number of hydrogen-bond acceptors (Lipinski definition) is 5. The molecular weight excluding hydrogens is 328 g/mol. The average molecular weight is 352 g/mol. The lowest BCUT2D eigenvalue weighted by molar-refractivity contribution is -0.134. The number of carbonyl (C=O) groups excluding carboxylic acids is 1. The number of hydrogen-bond donors (Lipinski definition) is 2. The molecule has 0 radical (unpaired) electrons. The summed E-state index contributed by atoms with van der Waals surface area (Å²) in [7, 11) is 1.67. The van der Waals surface area contributed by atoms with Gasteiger partial charge in [-0.3, -0.25) is 9.78 Å². The number of nitrogens with one attached hydrogen (secondary N) is 2. The zero-order valence-corrected chi connectivity index (χ0v) is 14.9. The van der Waals surface area contributed by atoms with Crippen LogP contribution in [-0.2, 0) is 11.3 Å². The van der Waals surface area contributed by atoms with Crippen molar-refractivity contribution in [2.75, 3.05) is 7.11 Å². The minimum atomic E-state index is -0.214. The standard InChI is InChI=1S/C20H24N4O2/c1-26-17-4-2-3-15(11-17)18-12-19(23-22-18)20(25)24(16-5-6-16)13-14-7-9-21-10-8-14/h2-4,7-11,16,18-19,22-23H,5-6,12-13H2,1H3. The lowest BCUT2D eigenvalue weighted by Gasteiger charge is -2.25. The number of methoxy groups -OCH3 is 1. The molecule has 6 nitrogen and oxygen atoms in total. The molecular formula is C20H24N4O2. The molecule has 1 amide bonds. The molecule has 26 heavy (non-hydrogen) atoms. The number of aromatic nitrogens is 1. The Labute approximate surface area is 153 Å². The molecule has 2 heterocycles. The van der Waals surface area contributed by atoms with Crippen LogP contribution in [0.5, 0.6) is 5.75 Å². The first kappa shape index (κ1) is 17.0. The number of carbonyl (C=O) groups is 1. The monoisotopic (exact) mass is 352 g/mol. The van der Waals surface area contributed by atoms with E-state index in [0.29, 0.717) is 12.6 Å². The van der Waals surface area contributed by atoms with Crippen LogP contribution in [0.15, 0.2) is 48.8 Å². The normalized spacial score (nSPS) is 22.2. The van der Waals surface area contributed by atoms with Gasteiger partial charge in [-0.15, -0.1) is 0 Å². The molecule has 2 aliphatic rings. The van der Waals surface area contributed by atoms with Crippen molar-refractivity contribution < 1.29 is 9.53 Å². The maximum Gasteiger partial charge on any atom is 0.241 e. The maximum absolute atomic E-state index is 13.1. The highest BCUT2D eigenvalue weighted by atomic mass is 16.5. The summed E-state index contributed by atoms with van der Waals surface area (Å²) in [6, 6.07) is 12.2. The molecule has 1 aliphatic heterocycles. The molecule has 2 N–H and O–H groups in total. The third kappa shape index (κ3) is 3.71. The van der Waals surface area contributed by atoms with Gasteiger partial charge in [0.2, 0.25) is 5.91 Å². The first-order valence-corrected chi connectivity index (χ1v) is 9.09. The maximum atomic E-state index is 13.1. The van der Waals surface area contributed by atoms with Crippen molar-refractivity contribution in [3.05, 3.63) is 59.9 Å². The van der Waals surface area contributed by atoms with E-state index in [-0.39, 0.29) is 18.0 Å². The highest BCUT2D eigenvalue weighted by Crippen LogP contribution is 2.31. The Morgan fingerprint density at radius 3 is 2.77 bits per heavy atom. The van der Waals surface area contributed by atoms with Crippen LogP contribution in [0.4, 0.5) is 0 Å². The Balaban J connectivity index is 1.44. The summed E-state index contributed by atoms with van der Waals surface area (Å²) in [6.45, 7) is 0.647. The molecule has 6 heteroatoms. The molecule has 2 unspecified atom stereocenters. The predicted octanol–water partition coefficient (Wildman–Crippen LogP) is 2.19. The predicted molar refractivity (Wildman–Crippen MR) is 98.2 cm³/mol. The fraction of sp³-hybridized carbons (Fsp3) is 0.400. The summed E-state index contributed by atoms with van der Waals surface area (Å²) in [6.07, 6.45) is 6.47. The van der Waals surface area contributed by atoms with Crippen molar-refractivity contribution in [2.24, 2.45) is 0 Å². The topological polar surface area (TPSA) is 66.5 Å². The Hall–Kier alpha value is -2.44. The van der Waals surface area contributed by atoms with Crippen molar-refractivity contribution in [3.63, 3.8) is 0 Å². The Kier molecular flexibility index (Phi) is 4.86. The van der Waals surface area contributed by atoms with Gasteiger partial charge < -0.3 is 9.64 Å². The van der Waals surface area contributed by atoms with Crippen LogP contribution in [0.25, 0.3) is 0 Å². The van der Waals surface area contributed by atoms with Crippen molar-refractivity contribution in [3.8, 4) is 5.75 Å². The summed E-state index contributed by atoms with van der Waals surface area (Å²) in [5.41, 5.74) is 8.71. The number of rotatable bonds is 6.